The Morgan fingerprint density at radius 2 is 1.90 bits per heavy atom. The first kappa shape index (κ1) is 15.2. The molecule has 0 unspecified atom stereocenters. The van der Waals surface area contributed by atoms with Gasteiger partial charge in [-0.3, -0.25) is 9.88 Å². The first-order chi connectivity index (χ1) is 10.2. The standard InChI is InChI=1S/C17H20N2O2/c1-2-19(12-9-14-7-10-18-11-8-14)13-15-5-3-4-6-16(15)17(20)21/h3-8,10-11H,2,9,12-13H2,1H3,(H,20,21). The van der Waals surface area contributed by atoms with Crippen LogP contribution < -0.4 is 0 Å². The Balaban J connectivity index is 2.01. The van der Waals surface area contributed by atoms with E-state index in [1.165, 1.54) is 5.56 Å². The van der Waals surface area contributed by atoms with E-state index >= 15 is 0 Å². The fourth-order valence-electron chi connectivity index (χ4n) is 2.29. The summed E-state index contributed by atoms with van der Waals surface area (Å²) < 4.78 is 0. The molecule has 0 amide bonds. The maximum Gasteiger partial charge on any atom is 0.336 e. The van der Waals surface area contributed by atoms with Gasteiger partial charge in [0.25, 0.3) is 0 Å². The molecule has 0 aliphatic carbocycles. The van der Waals surface area contributed by atoms with Crippen molar-refractivity contribution in [1.82, 2.24) is 9.88 Å². The Hall–Kier alpha value is -2.20. The lowest BCUT2D eigenvalue weighted by atomic mass is 10.1. The normalized spacial score (nSPS) is 10.8. The van der Waals surface area contributed by atoms with E-state index in [2.05, 4.69) is 16.8 Å². The van der Waals surface area contributed by atoms with Crippen molar-refractivity contribution in [3.8, 4) is 0 Å². The summed E-state index contributed by atoms with van der Waals surface area (Å²) in [7, 11) is 0. The van der Waals surface area contributed by atoms with E-state index in [1.54, 1.807) is 24.5 Å². The Labute approximate surface area is 125 Å². The van der Waals surface area contributed by atoms with Crippen molar-refractivity contribution in [2.75, 3.05) is 13.1 Å². The Morgan fingerprint density at radius 3 is 2.57 bits per heavy atom. The number of pyridine rings is 1. The molecule has 0 radical (unpaired) electrons. The van der Waals surface area contributed by atoms with Gasteiger partial charge in [-0.25, -0.2) is 4.79 Å². The summed E-state index contributed by atoms with van der Waals surface area (Å²) in [6.07, 6.45) is 4.53. The van der Waals surface area contributed by atoms with Crippen LogP contribution in [0.3, 0.4) is 0 Å². The molecule has 1 heterocycles. The molecule has 1 N–H and O–H groups in total. The number of carboxylic acid groups (broad SMARTS) is 1. The lowest BCUT2D eigenvalue weighted by molar-refractivity contribution is 0.0694. The fourth-order valence-corrected chi connectivity index (χ4v) is 2.29. The van der Waals surface area contributed by atoms with Crippen LogP contribution in [0.15, 0.2) is 48.8 Å². The number of rotatable bonds is 7. The van der Waals surface area contributed by atoms with Gasteiger partial charge in [0.05, 0.1) is 5.56 Å². The van der Waals surface area contributed by atoms with Crippen LogP contribution in [0.4, 0.5) is 0 Å². The molecule has 4 nitrogen and oxygen atoms in total. The van der Waals surface area contributed by atoms with Gasteiger partial charge in [0, 0.05) is 25.5 Å². The third-order valence-corrected chi connectivity index (χ3v) is 3.55. The highest BCUT2D eigenvalue weighted by molar-refractivity contribution is 5.89. The molecule has 0 saturated heterocycles. The molecule has 110 valence electrons. The molecule has 0 aliphatic heterocycles. The number of carbonyl (C=O) groups is 1. The van der Waals surface area contributed by atoms with E-state index in [1.807, 2.05) is 24.3 Å². The summed E-state index contributed by atoms with van der Waals surface area (Å²) in [6.45, 7) is 4.54. The van der Waals surface area contributed by atoms with Crippen LogP contribution in [-0.4, -0.2) is 34.0 Å². The van der Waals surface area contributed by atoms with Gasteiger partial charge in [-0.1, -0.05) is 25.1 Å². The average molecular weight is 284 g/mol. The fraction of sp³-hybridized carbons (Fsp3) is 0.294. The topological polar surface area (TPSA) is 53.4 Å². The van der Waals surface area contributed by atoms with Crippen molar-refractivity contribution in [1.29, 1.82) is 0 Å². The van der Waals surface area contributed by atoms with Crippen molar-refractivity contribution in [3.63, 3.8) is 0 Å². The van der Waals surface area contributed by atoms with Gasteiger partial charge in [0.2, 0.25) is 0 Å². The summed E-state index contributed by atoms with van der Waals surface area (Å²) in [5, 5.41) is 9.23. The van der Waals surface area contributed by atoms with Gasteiger partial charge >= 0.3 is 5.97 Å². The molecule has 0 spiro atoms. The largest absolute Gasteiger partial charge is 0.478 e. The van der Waals surface area contributed by atoms with Gasteiger partial charge in [-0.2, -0.15) is 0 Å². The van der Waals surface area contributed by atoms with Crippen LogP contribution in [0.5, 0.6) is 0 Å². The molecule has 0 aliphatic rings. The molecule has 0 fully saturated rings. The summed E-state index contributed by atoms with van der Waals surface area (Å²) in [5.74, 6) is -0.865. The molecule has 2 aromatic rings. The van der Waals surface area contributed by atoms with Gasteiger partial charge < -0.3 is 5.11 Å². The highest BCUT2D eigenvalue weighted by Gasteiger charge is 2.12. The minimum atomic E-state index is -0.865. The molecule has 2 rings (SSSR count). The molecule has 0 bridgehead atoms. The van der Waals surface area contributed by atoms with E-state index in [0.717, 1.165) is 25.1 Å². The number of hydrogen-bond donors (Lipinski definition) is 1. The second-order valence-electron chi connectivity index (χ2n) is 4.94. The minimum Gasteiger partial charge on any atom is -0.478 e. The molecular formula is C17H20N2O2. The summed E-state index contributed by atoms with van der Waals surface area (Å²) in [6, 6.07) is 11.2. The van der Waals surface area contributed by atoms with Crippen LogP contribution in [0, 0.1) is 0 Å². The number of nitrogens with zero attached hydrogens (tertiary/aromatic N) is 2. The highest BCUT2D eigenvalue weighted by atomic mass is 16.4. The van der Waals surface area contributed by atoms with Gasteiger partial charge in [-0.15, -0.1) is 0 Å². The Bertz CT molecular complexity index is 584. The lowest BCUT2D eigenvalue weighted by Crippen LogP contribution is -2.26. The number of carboxylic acids is 1. The summed E-state index contributed by atoms with van der Waals surface area (Å²) in [4.78, 5) is 17.5. The average Bonchev–Trinajstić information content (AvgIpc) is 2.52. The van der Waals surface area contributed by atoms with Crippen molar-refractivity contribution < 1.29 is 9.90 Å². The number of aromatic nitrogens is 1. The van der Waals surface area contributed by atoms with E-state index in [-0.39, 0.29) is 0 Å². The van der Waals surface area contributed by atoms with Crippen molar-refractivity contribution in [2.45, 2.75) is 19.9 Å². The number of aromatic carboxylic acids is 1. The molecule has 1 aromatic heterocycles. The molecule has 21 heavy (non-hydrogen) atoms. The Morgan fingerprint density at radius 1 is 1.19 bits per heavy atom. The molecule has 4 heteroatoms. The predicted molar refractivity (Wildman–Crippen MR) is 82.3 cm³/mol. The first-order valence-corrected chi connectivity index (χ1v) is 7.13. The maximum absolute atomic E-state index is 11.2. The van der Waals surface area contributed by atoms with Crippen LogP contribution in [-0.2, 0) is 13.0 Å². The third-order valence-electron chi connectivity index (χ3n) is 3.55. The smallest absolute Gasteiger partial charge is 0.336 e. The van der Waals surface area contributed by atoms with E-state index < -0.39 is 5.97 Å². The van der Waals surface area contributed by atoms with E-state index in [0.29, 0.717) is 12.1 Å². The maximum atomic E-state index is 11.2. The van der Waals surface area contributed by atoms with Crippen LogP contribution >= 0.6 is 0 Å². The zero-order chi connectivity index (χ0) is 15.1. The number of likely N-dealkylation sites (N-methyl/N-ethyl adjacent to an activating group) is 1. The SMILES string of the molecule is CCN(CCc1ccncc1)Cc1ccccc1C(=O)O. The first-order valence-electron chi connectivity index (χ1n) is 7.13. The quantitative estimate of drug-likeness (QED) is 0.849. The zero-order valence-corrected chi connectivity index (χ0v) is 12.2. The van der Waals surface area contributed by atoms with Crippen molar-refractivity contribution in [3.05, 3.63) is 65.5 Å². The highest BCUT2D eigenvalue weighted by Crippen LogP contribution is 2.12. The second kappa shape index (κ2) is 7.55. The van der Waals surface area contributed by atoms with Crippen LogP contribution in [0.25, 0.3) is 0 Å². The summed E-state index contributed by atoms with van der Waals surface area (Å²) >= 11 is 0. The van der Waals surface area contributed by atoms with Crippen LogP contribution in [0.1, 0.15) is 28.4 Å². The van der Waals surface area contributed by atoms with Crippen molar-refractivity contribution >= 4 is 5.97 Å². The van der Waals surface area contributed by atoms with Gasteiger partial charge in [0.1, 0.15) is 0 Å². The molecule has 1 aromatic carbocycles. The van der Waals surface area contributed by atoms with E-state index in [9.17, 15) is 9.90 Å². The lowest BCUT2D eigenvalue weighted by Gasteiger charge is -2.21. The molecular weight excluding hydrogens is 264 g/mol. The number of benzene rings is 1. The monoisotopic (exact) mass is 284 g/mol. The minimum absolute atomic E-state index is 0.389. The van der Waals surface area contributed by atoms with Crippen LogP contribution in [0.2, 0.25) is 0 Å². The molecule has 0 saturated carbocycles. The molecule has 0 atom stereocenters. The second-order valence-corrected chi connectivity index (χ2v) is 4.94. The van der Waals surface area contributed by atoms with Crippen molar-refractivity contribution in [2.24, 2.45) is 0 Å². The van der Waals surface area contributed by atoms with E-state index in [4.69, 9.17) is 0 Å². The number of hydrogen-bond acceptors (Lipinski definition) is 3. The summed E-state index contributed by atoms with van der Waals surface area (Å²) in [5.41, 5.74) is 2.50. The van der Waals surface area contributed by atoms with Gasteiger partial charge in [0.15, 0.2) is 0 Å². The Kier molecular flexibility index (Phi) is 5.46. The third kappa shape index (κ3) is 4.39. The van der Waals surface area contributed by atoms with Gasteiger partial charge in [-0.05, 0) is 42.3 Å². The predicted octanol–water partition coefficient (Wildman–Crippen LogP) is 2.84. The zero-order valence-electron chi connectivity index (χ0n) is 12.2.